The summed E-state index contributed by atoms with van der Waals surface area (Å²) in [4.78, 5) is 33.6. The molecule has 0 bridgehead atoms. The van der Waals surface area contributed by atoms with Gasteiger partial charge in [-0.1, -0.05) is 18.2 Å². The van der Waals surface area contributed by atoms with Crippen molar-refractivity contribution in [3.8, 4) is 0 Å². The van der Waals surface area contributed by atoms with Crippen LogP contribution in [-0.4, -0.2) is 36.2 Å². The number of carboxylic acid groups (broad SMARTS) is 1. The Morgan fingerprint density at radius 3 is 2.19 bits per heavy atom. The van der Waals surface area contributed by atoms with Gasteiger partial charge in [-0.15, -0.1) is 0 Å². The number of rotatable bonds is 9. The molecule has 0 fully saturated rings. The normalized spacial score (nSPS) is 11.2. The Kier molecular flexibility index (Phi) is 8.76. The largest absolute Gasteiger partial charge is 0.481 e. The van der Waals surface area contributed by atoms with E-state index in [1.807, 2.05) is 13.8 Å². The lowest BCUT2D eigenvalue weighted by Gasteiger charge is -2.10. The zero-order chi connectivity index (χ0) is 16.4. The van der Waals surface area contributed by atoms with Gasteiger partial charge in [0.15, 0.2) is 0 Å². The molecule has 0 spiro atoms. The fourth-order valence-electron chi connectivity index (χ4n) is 1.32. The maximum Gasteiger partial charge on any atom is 0.333 e. The molecule has 0 saturated heterocycles. The maximum atomic E-state index is 11.5. The van der Waals surface area contributed by atoms with Crippen LogP contribution in [0.2, 0.25) is 0 Å². The van der Waals surface area contributed by atoms with Crippen molar-refractivity contribution in [2.75, 3.05) is 13.2 Å². The molecule has 0 aromatic rings. The van der Waals surface area contributed by atoms with E-state index in [1.165, 1.54) is 6.92 Å². The molecule has 1 N–H and O–H groups in total. The Morgan fingerprint density at radius 1 is 1.14 bits per heavy atom. The van der Waals surface area contributed by atoms with Crippen molar-refractivity contribution in [2.45, 2.75) is 33.6 Å². The first-order chi connectivity index (χ1) is 9.73. The van der Waals surface area contributed by atoms with Gasteiger partial charge in [-0.05, 0) is 27.2 Å². The highest BCUT2D eigenvalue weighted by atomic mass is 16.6. The molecule has 0 saturated carbocycles. The molecule has 1 unspecified atom stereocenters. The van der Waals surface area contributed by atoms with E-state index in [4.69, 9.17) is 14.6 Å². The van der Waals surface area contributed by atoms with Crippen LogP contribution in [0.5, 0.6) is 0 Å². The third-order valence-electron chi connectivity index (χ3n) is 2.50. The molecule has 0 aromatic heterocycles. The van der Waals surface area contributed by atoms with Crippen LogP contribution in [0.1, 0.15) is 33.6 Å². The summed E-state index contributed by atoms with van der Waals surface area (Å²) in [5.74, 6) is -3.04. The second-order valence-corrected chi connectivity index (χ2v) is 4.89. The van der Waals surface area contributed by atoms with Crippen molar-refractivity contribution in [3.05, 3.63) is 23.8 Å². The lowest BCUT2D eigenvalue weighted by molar-refractivity contribution is -0.154. The Bertz CT molecular complexity index is 431. The summed E-state index contributed by atoms with van der Waals surface area (Å²) in [6.45, 7) is 8.44. The number of allylic oxidation sites excluding steroid dienone is 2. The van der Waals surface area contributed by atoms with Crippen molar-refractivity contribution in [3.63, 3.8) is 0 Å². The van der Waals surface area contributed by atoms with Crippen LogP contribution >= 0.6 is 0 Å². The molecule has 0 rings (SSSR count). The van der Waals surface area contributed by atoms with Crippen LogP contribution in [0, 0.1) is 5.92 Å². The second-order valence-electron chi connectivity index (χ2n) is 4.89. The Hall–Kier alpha value is -2.11. The van der Waals surface area contributed by atoms with Gasteiger partial charge in [-0.3, -0.25) is 9.59 Å². The van der Waals surface area contributed by atoms with Crippen molar-refractivity contribution < 1.29 is 29.0 Å². The number of esters is 2. The summed E-state index contributed by atoms with van der Waals surface area (Å²) >= 11 is 0. The molecule has 1 atom stereocenters. The van der Waals surface area contributed by atoms with Crippen LogP contribution in [0.25, 0.3) is 0 Å². The minimum absolute atomic E-state index is 0.0802. The SMILES string of the molecule is C=C(C)C(=O)OCCOC(=O)CC(CC=C(C)C)C(=O)O. The first-order valence-corrected chi connectivity index (χ1v) is 6.58. The number of carbonyl (C=O) groups excluding carboxylic acids is 2. The van der Waals surface area contributed by atoms with Crippen LogP contribution in [0.3, 0.4) is 0 Å². The Labute approximate surface area is 124 Å². The number of carbonyl (C=O) groups is 3. The van der Waals surface area contributed by atoms with Gasteiger partial charge in [0.05, 0.1) is 12.3 Å². The van der Waals surface area contributed by atoms with Crippen molar-refractivity contribution >= 4 is 17.9 Å². The standard InChI is InChI=1S/C15H22O6/c1-10(2)5-6-12(14(17)18)9-13(16)20-7-8-21-15(19)11(3)4/h5,12H,3,6-9H2,1-2,4H3,(H,17,18). The van der Waals surface area contributed by atoms with Gasteiger partial charge in [0.25, 0.3) is 0 Å². The predicted molar refractivity (Wildman–Crippen MR) is 76.5 cm³/mol. The van der Waals surface area contributed by atoms with E-state index in [1.54, 1.807) is 6.08 Å². The zero-order valence-electron chi connectivity index (χ0n) is 12.7. The smallest absolute Gasteiger partial charge is 0.333 e. The summed E-state index contributed by atoms with van der Waals surface area (Å²) < 4.78 is 9.57. The minimum atomic E-state index is -1.04. The first-order valence-electron chi connectivity index (χ1n) is 6.58. The van der Waals surface area contributed by atoms with Gasteiger partial charge in [-0.2, -0.15) is 0 Å². The molecule has 0 radical (unpaired) electrons. The predicted octanol–water partition coefficient (Wildman–Crippen LogP) is 2.10. The molecule has 0 aliphatic rings. The first kappa shape index (κ1) is 18.9. The Morgan fingerprint density at radius 2 is 1.71 bits per heavy atom. The highest BCUT2D eigenvalue weighted by molar-refractivity contribution is 5.86. The van der Waals surface area contributed by atoms with E-state index < -0.39 is 23.8 Å². The van der Waals surface area contributed by atoms with E-state index in [0.29, 0.717) is 0 Å². The lowest BCUT2D eigenvalue weighted by Crippen LogP contribution is -2.20. The molecule has 0 amide bonds. The van der Waals surface area contributed by atoms with Gasteiger partial charge in [0.1, 0.15) is 13.2 Å². The van der Waals surface area contributed by atoms with Crippen molar-refractivity contribution in [1.29, 1.82) is 0 Å². The topological polar surface area (TPSA) is 89.9 Å². The van der Waals surface area contributed by atoms with Gasteiger partial charge in [0, 0.05) is 5.57 Å². The van der Waals surface area contributed by atoms with Gasteiger partial charge in [0.2, 0.25) is 0 Å². The van der Waals surface area contributed by atoms with Crippen LogP contribution < -0.4 is 0 Å². The fourth-order valence-corrected chi connectivity index (χ4v) is 1.32. The quantitative estimate of drug-likeness (QED) is 0.303. The van der Waals surface area contributed by atoms with Gasteiger partial charge >= 0.3 is 17.9 Å². The third kappa shape index (κ3) is 9.43. The monoisotopic (exact) mass is 298 g/mol. The zero-order valence-corrected chi connectivity index (χ0v) is 12.7. The average molecular weight is 298 g/mol. The minimum Gasteiger partial charge on any atom is -0.481 e. The number of aliphatic carboxylic acids is 1. The number of ether oxygens (including phenoxy) is 2. The van der Waals surface area contributed by atoms with E-state index in [-0.39, 0.29) is 31.6 Å². The van der Waals surface area contributed by atoms with Crippen molar-refractivity contribution in [2.24, 2.45) is 5.92 Å². The molecule has 0 heterocycles. The van der Waals surface area contributed by atoms with E-state index in [0.717, 1.165) is 5.57 Å². The average Bonchev–Trinajstić information content (AvgIpc) is 2.38. The second kappa shape index (κ2) is 9.74. The summed E-state index contributed by atoms with van der Waals surface area (Å²) in [7, 11) is 0. The van der Waals surface area contributed by atoms with Crippen LogP contribution in [-0.2, 0) is 23.9 Å². The number of hydrogen-bond acceptors (Lipinski definition) is 5. The summed E-state index contributed by atoms with van der Waals surface area (Å²) in [5, 5.41) is 9.02. The number of hydrogen-bond donors (Lipinski definition) is 1. The molecular formula is C15H22O6. The van der Waals surface area contributed by atoms with Crippen LogP contribution in [0.4, 0.5) is 0 Å². The highest BCUT2D eigenvalue weighted by Crippen LogP contribution is 2.12. The molecule has 6 heteroatoms. The van der Waals surface area contributed by atoms with E-state index >= 15 is 0 Å². The van der Waals surface area contributed by atoms with Crippen molar-refractivity contribution in [1.82, 2.24) is 0 Å². The summed E-state index contributed by atoms with van der Waals surface area (Å²) in [6.07, 6.45) is 1.83. The van der Waals surface area contributed by atoms with E-state index in [9.17, 15) is 14.4 Å². The maximum absolute atomic E-state index is 11.5. The summed E-state index contributed by atoms with van der Waals surface area (Å²) in [6, 6.07) is 0. The molecule has 0 aromatic carbocycles. The fraction of sp³-hybridized carbons (Fsp3) is 0.533. The molecule has 0 aliphatic carbocycles. The highest BCUT2D eigenvalue weighted by Gasteiger charge is 2.21. The lowest BCUT2D eigenvalue weighted by atomic mass is 10.0. The molecular weight excluding hydrogens is 276 g/mol. The van der Waals surface area contributed by atoms with Gasteiger partial charge < -0.3 is 14.6 Å². The third-order valence-corrected chi connectivity index (χ3v) is 2.50. The van der Waals surface area contributed by atoms with Gasteiger partial charge in [-0.25, -0.2) is 4.79 Å². The molecule has 0 aliphatic heterocycles. The summed E-state index contributed by atoms with van der Waals surface area (Å²) in [5.41, 5.74) is 1.25. The molecule has 6 nitrogen and oxygen atoms in total. The number of carboxylic acids is 1. The van der Waals surface area contributed by atoms with E-state index in [2.05, 4.69) is 6.58 Å². The van der Waals surface area contributed by atoms with Crippen LogP contribution in [0.15, 0.2) is 23.8 Å². The molecule has 21 heavy (non-hydrogen) atoms. The Balaban J connectivity index is 4.10. The molecule has 118 valence electrons.